The van der Waals surface area contributed by atoms with Gasteiger partial charge in [-0.25, -0.2) is 4.98 Å². The molecule has 62 valence electrons. The van der Waals surface area contributed by atoms with Crippen LogP contribution in [0.5, 0.6) is 0 Å². The van der Waals surface area contributed by atoms with Crippen molar-refractivity contribution in [3.8, 4) is 0 Å². The highest BCUT2D eigenvalue weighted by Crippen LogP contribution is 2.13. The van der Waals surface area contributed by atoms with Crippen molar-refractivity contribution in [2.75, 3.05) is 5.32 Å². The summed E-state index contributed by atoms with van der Waals surface area (Å²) in [5.41, 5.74) is 1.32. The first-order valence-corrected chi connectivity index (χ1v) is 5.42. The van der Waals surface area contributed by atoms with Crippen molar-refractivity contribution in [3.05, 3.63) is 34.0 Å². The van der Waals surface area contributed by atoms with Crippen LogP contribution < -0.4 is 5.32 Å². The third kappa shape index (κ3) is 1.84. The normalized spacial score (nSPS) is 10.0. The lowest BCUT2D eigenvalue weighted by Crippen LogP contribution is -1.96. The van der Waals surface area contributed by atoms with E-state index in [0.29, 0.717) is 0 Å². The molecule has 4 heteroatoms. The molecule has 2 nitrogen and oxygen atoms in total. The molecule has 0 aromatic carbocycles. The standard InChI is InChI=1S/C8H8N2S2/c1-3-11-6-7(1)5-10-8-9-2-4-12-8/h1-4,6H,5H2,(H,9,10). The van der Waals surface area contributed by atoms with Crippen molar-refractivity contribution in [1.29, 1.82) is 0 Å². The van der Waals surface area contributed by atoms with Gasteiger partial charge >= 0.3 is 0 Å². The molecular formula is C8H8N2S2. The van der Waals surface area contributed by atoms with Crippen LogP contribution in [0.2, 0.25) is 0 Å². The Morgan fingerprint density at radius 2 is 2.42 bits per heavy atom. The molecular weight excluding hydrogens is 188 g/mol. The van der Waals surface area contributed by atoms with Crippen LogP contribution in [0.1, 0.15) is 5.56 Å². The van der Waals surface area contributed by atoms with Crippen LogP contribution in [0.25, 0.3) is 0 Å². The summed E-state index contributed by atoms with van der Waals surface area (Å²) in [5, 5.41) is 10.4. The Morgan fingerprint density at radius 3 is 3.08 bits per heavy atom. The van der Waals surface area contributed by atoms with Crippen LogP contribution in [-0.2, 0) is 6.54 Å². The predicted molar refractivity (Wildman–Crippen MR) is 53.8 cm³/mol. The fourth-order valence-electron chi connectivity index (χ4n) is 0.882. The Labute approximate surface area is 78.9 Å². The van der Waals surface area contributed by atoms with Crippen LogP contribution in [0.4, 0.5) is 5.13 Å². The minimum atomic E-state index is 0.872. The van der Waals surface area contributed by atoms with Crippen molar-refractivity contribution in [3.63, 3.8) is 0 Å². The lowest BCUT2D eigenvalue weighted by Gasteiger charge is -1.98. The van der Waals surface area contributed by atoms with E-state index in [-0.39, 0.29) is 0 Å². The minimum Gasteiger partial charge on any atom is -0.357 e. The van der Waals surface area contributed by atoms with Crippen LogP contribution in [0.3, 0.4) is 0 Å². The topological polar surface area (TPSA) is 24.9 Å². The van der Waals surface area contributed by atoms with E-state index in [1.165, 1.54) is 5.56 Å². The summed E-state index contributed by atoms with van der Waals surface area (Å²) in [7, 11) is 0. The molecule has 0 atom stereocenters. The molecule has 2 heterocycles. The quantitative estimate of drug-likeness (QED) is 0.816. The maximum atomic E-state index is 4.13. The van der Waals surface area contributed by atoms with Gasteiger partial charge in [-0.1, -0.05) is 0 Å². The van der Waals surface area contributed by atoms with Gasteiger partial charge in [-0.3, -0.25) is 0 Å². The van der Waals surface area contributed by atoms with E-state index in [4.69, 9.17) is 0 Å². The summed E-state index contributed by atoms with van der Waals surface area (Å²) < 4.78 is 0. The largest absolute Gasteiger partial charge is 0.357 e. The molecule has 0 aliphatic carbocycles. The lowest BCUT2D eigenvalue weighted by atomic mass is 10.3. The van der Waals surface area contributed by atoms with E-state index >= 15 is 0 Å². The van der Waals surface area contributed by atoms with Gasteiger partial charge in [0, 0.05) is 18.1 Å². The van der Waals surface area contributed by atoms with E-state index in [1.54, 1.807) is 28.9 Å². The van der Waals surface area contributed by atoms with Gasteiger partial charge in [0.2, 0.25) is 0 Å². The van der Waals surface area contributed by atoms with E-state index in [9.17, 15) is 0 Å². The Hall–Kier alpha value is -0.870. The number of nitrogens with zero attached hydrogens (tertiary/aromatic N) is 1. The molecule has 0 fully saturated rings. The molecule has 0 amide bonds. The lowest BCUT2D eigenvalue weighted by molar-refractivity contribution is 1.15. The summed E-state index contributed by atoms with van der Waals surface area (Å²) in [4.78, 5) is 4.13. The second kappa shape index (κ2) is 3.69. The number of rotatable bonds is 3. The highest BCUT2D eigenvalue weighted by Gasteiger charge is 1.94. The molecule has 2 aromatic heterocycles. The number of thiazole rings is 1. The molecule has 0 saturated heterocycles. The Morgan fingerprint density at radius 1 is 1.42 bits per heavy atom. The smallest absolute Gasteiger partial charge is 0.182 e. The number of hydrogen-bond donors (Lipinski definition) is 1. The van der Waals surface area contributed by atoms with Gasteiger partial charge in [-0.15, -0.1) is 11.3 Å². The number of aromatic nitrogens is 1. The van der Waals surface area contributed by atoms with Crippen LogP contribution in [0, 0.1) is 0 Å². The van der Waals surface area contributed by atoms with Crippen LogP contribution in [-0.4, -0.2) is 4.98 Å². The Kier molecular flexibility index (Phi) is 2.39. The zero-order valence-electron chi connectivity index (χ0n) is 6.36. The highest BCUT2D eigenvalue weighted by molar-refractivity contribution is 7.13. The van der Waals surface area contributed by atoms with Gasteiger partial charge in [0.25, 0.3) is 0 Å². The van der Waals surface area contributed by atoms with Crippen LogP contribution >= 0.6 is 22.7 Å². The third-order valence-corrected chi connectivity index (χ3v) is 2.92. The van der Waals surface area contributed by atoms with Gasteiger partial charge in [0.15, 0.2) is 5.13 Å². The third-order valence-electron chi connectivity index (χ3n) is 1.46. The molecule has 12 heavy (non-hydrogen) atoms. The first-order valence-electron chi connectivity index (χ1n) is 3.59. The second-order valence-electron chi connectivity index (χ2n) is 2.32. The number of nitrogens with one attached hydrogen (secondary N) is 1. The number of thiophene rings is 1. The average Bonchev–Trinajstić information content (AvgIpc) is 2.74. The summed E-state index contributed by atoms with van der Waals surface area (Å²) in [6.45, 7) is 0.872. The average molecular weight is 196 g/mol. The van der Waals surface area contributed by atoms with E-state index in [0.717, 1.165) is 11.7 Å². The van der Waals surface area contributed by atoms with Gasteiger partial charge in [-0.2, -0.15) is 11.3 Å². The van der Waals surface area contributed by atoms with Crippen molar-refractivity contribution in [2.24, 2.45) is 0 Å². The number of hydrogen-bond acceptors (Lipinski definition) is 4. The van der Waals surface area contributed by atoms with Gasteiger partial charge in [0.1, 0.15) is 0 Å². The fraction of sp³-hybridized carbons (Fsp3) is 0.125. The second-order valence-corrected chi connectivity index (χ2v) is 4.00. The van der Waals surface area contributed by atoms with Crippen molar-refractivity contribution >= 4 is 27.8 Å². The predicted octanol–water partition coefficient (Wildman–Crippen LogP) is 2.82. The first kappa shape index (κ1) is 7.76. The monoisotopic (exact) mass is 196 g/mol. The van der Waals surface area contributed by atoms with E-state index in [2.05, 4.69) is 27.1 Å². The summed E-state index contributed by atoms with van der Waals surface area (Å²) >= 11 is 3.35. The van der Waals surface area contributed by atoms with Crippen molar-refractivity contribution in [1.82, 2.24) is 4.98 Å². The molecule has 2 aromatic rings. The molecule has 0 aliphatic heterocycles. The molecule has 0 unspecified atom stereocenters. The minimum absolute atomic E-state index is 0.872. The molecule has 0 spiro atoms. The molecule has 0 saturated carbocycles. The molecule has 2 rings (SSSR count). The van der Waals surface area contributed by atoms with Crippen molar-refractivity contribution < 1.29 is 0 Å². The molecule has 1 N–H and O–H groups in total. The highest BCUT2D eigenvalue weighted by atomic mass is 32.1. The molecule has 0 bridgehead atoms. The van der Waals surface area contributed by atoms with E-state index in [1.807, 2.05) is 5.38 Å². The SMILES string of the molecule is c1csc(NCc2ccsc2)n1. The van der Waals surface area contributed by atoms with E-state index < -0.39 is 0 Å². The summed E-state index contributed by atoms with van der Waals surface area (Å²) in [6.07, 6.45) is 1.81. The van der Waals surface area contributed by atoms with Gasteiger partial charge in [0.05, 0.1) is 0 Å². The Bertz CT molecular complexity index is 278. The first-order chi connectivity index (χ1) is 5.95. The van der Waals surface area contributed by atoms with Crippen LogP contribution in [0.15, 0.2) is 28.4 Å². The maximum Gasteiger partial charge on any atom is 0.182 e. The van der Waals surface area contributed by atoms with Crippen molar-refractivity contribution in [2.45, 2.75) is 6.54 Å². The zero-order chi connectivity index (χ0) is 8.23. The van der Waals surface area contributed by atoms with Gasteiger partial charge < -0.3 is 5.32 Å². The maximum absolute atomic E-state index is 4.13. The fourth-order valence-corrected chi connectivity index (χ4v) is 2.08. The zero-order valence-corrected chi connectivity index (χ0v) is 7.99. The molecule has 0 radical (unpaired) electrons. The summed E-state index contributed by atoms with van der Waals surface area (Å²) in [5.74, 6) is 0. The Balaban J connectivity index is 1.91. The summed E-state index contributed by atoms with van der Waals surface area (Å²) in [6, 6.07) is 2.12. The number of anilines is 1. The van der Waals surface area contributed by atoms with Gasteiger partial charge in [-0.05, 0) is 22.4 Å². The molecule has 0 aliphatic rings.